The molecule has 0 amide bonds. The largest absolute Gasteiger partial charge is 0.422 e. The highest BCUT2D eigenvalue weighted by Crippen LogP contribution is 1.86. The van der Waals surface area contributed by atoms with E-state index in [1.54, 1.807) is 7.11 Å². The second kappa shape index (κ2) is 12.1. The number of methoxy groups -OCH3 is 1. The maximum atomic E-state index is 5.43. The molecule has 0 radical (unpaired) electrons. The summed E-state index contributed by atoms with van der Waals surface area (Å²) >= 11 is 0. The molecule has 0 aliphatic rings. The lowest BCUT2D eigenvalue weighted by molar-refractivity contribution is 0.0550. The van der Waals surface area contributed by atoms with Crippen molar-refractivity contribution in [2.75, 3.05) is 40.1 Å². The Hall–Kier alpha value is 0.0569. The minimum atomic E-state index is -0.330. The van der Waals surface area contributed by atoms with E-state index in [4.69, 9.17) is 19.6 Å². The van der Waals surface area contributed by atoms with Gasteiger partial charge in [0, 0.05) is 7.11 Å². The van der Waals surface area contributed by atoms with Gasteiger partial charge in [0.25, 0.3) is 0 Å². The van der Waals surface area contributed by atoms with Crippen molar-refractivity contribution in [3.8, 4) is 0 Å². The number of hydrogen-bond acceptors (Lipinski definition) is 4. The topological polar surface area (TPSA) is 53.7 Å². The molecule has 5 heteroatoms. The second-order valence-electron chi connectivity index (χ2n) is 2.71. The monoisotopic (exact) mass is 207 g/mol. The van der Waals surface area contributed by atoms with Crippen molar-refractivity contribution in [1.82, 2.24) is 0 Å². The van der Waals surface area contributed by atoms with Crippen LogP contribution in [0.2, 0.25) is 6.04 Å². The summed E-state index contributed by atoms with van der Waals surface area (Å²) in [6, 6.07) is 1.18. The number of rotatable bonds is 10. The molecule has 13 heavy (non-hydrogen) atoms. The number of hydrogen-bond donors (Lipinski definition) is 1. The van der Waals surface area contributed by atoms with E-state index in [9.17, 15) is 0 Å². The van der Waals surface area contributed by atoms with E-state index in [2.05, 4.69) is 0 Å². The van der Waals surface area contributed by atoms with Gasteiger partial charge < -0.3 is 19.6 Å². The minimum Gasteiger partial charge on any atom is -0.422 e. The summed E-state index contributed by atoms with van der Waals surface area (Å²) in [7, 11) is 1.34. The first kappa shape index (κ1) is 13.1. The molecule has 0 spiro atoms. The van der Waals surface area contributed by atoms with Crippen molar-refractivity contribution < 1.29 is 13.9 Å². The Kier molecular flexibility index (Phi) is 12.1. The van der Waals surface area contributed by atoms with Crippen LogP contribution in [0.1, 0.15) is 6.42 Å². The maximum absolute atomic E-state index is 5.43. The van der Waals surface area contributed by atoms with Gasteiger partial charge in [-0.15, -0.1) is 0 Å². The third kappa shape index (κ3) is 12.1. The molecule has 0 bridgehead atoms. The van der Waals surface area contributed by atoms with Crippen molar-refractivity contribution in [2.45, 2.75) is 12.5 Å². The van der Waals surface area contributed by atoms with Crippen molar-refractivity contribution in [1.29, 1.82) is 0 Å². The van der Waals surface area contributed by atoms with Gasteiger partial charge in [-0.05, 0) is 19.0 Å². The van der Waals surface area contributed by atoms with Crippen LogP contribution < -0.4 is 5.73 Å². The third-order valence-corrected chi connectivity index (χ3v) is 2.91. The first-order valence-corrected chi connectivity index (χ1v) is 6.34. The molecule has 0 aromatic heterocycles. The van der Waals surface area contributed by atoms with Crippen LogP contribution in [0.25, 0.3) is 0 Å². The highest BCUT2D eigenvalue weighted by Gasteiger charge is 1.90. The molecule has 0 saturated carbocycles. The van der Waals surface area contributed by atoms with Gasteiger partial charge in [-0.2, -0.15) is 0 Å². The summed E-state index contributed by atoms with van der Waals surface area (Å²) in [5, 5.41) is 0. The highest BCUT2D eigenvalue weighted by atomic mass is 28.2. The Bertz CT molecular complexity index is 85.5. The van der Waals surface area contributed by atoms with Crippen LogP contribution in [0.5, 0.6) is 0 Å². The van der Waals surface area contributed by atoms with Crippen LogP contribution in [0.15, 0.2) is 0 Å². The second-order valence-corrected chi connectivity index (χ2v) is 4.24. The summed E-state index contributed by atoms with van der Waals surface area (Å²) in [5.74, 6) is 0. The van der Waals surface area contributed by atoms with Crippen LogP contribution in [0.4, 0.5) is 0 Å². The molecule has 0 atom stereocenters. The summed E-state index contributed by atoms with van der Waals surface area (Å²) < 4.78 is 15.5. The maximum Gasteiger partial charge on any atom is 0.161 e. The van der Waals surface area contributed by atoms with Crippen molar-refractivity contribution in [3.63, 3.8) is 0 Å². The van der Waals surface area contributed by atoms with Gasteiger partial charge in [0.15, 0.2) is 9.76 Å². The fraction of sp³-hybridized carbons (Fsp3) is 1.00. The van der Waals surface area contributed by atoms with Gasteiger partial charge >= 0.3 is 0 Å². The molecule has 4 nitrogen and oxygen atoms in total. The standard InChI is InChI=1S/C8H21NO3Si/c1-10-4-5-11-6-7-12-13-8-2-3-9/h2-9,13H2,1H3. The quantitative estimate of drug-likeness (QED) is 0.388. The van der Waals surface area contributed by atoms with Gasteiger partial charge in [0.2, 0.25) is 0 Å². The first-order valence-electron chi connectivity index (χ1n) is 4.76. The van der Waals surface area contributed by atoms with Crippen molar-refractivity contribution in [2.24, 2.45) is 5.73 Å². The first-order chi connectivity index (χ1) is 6.41. The lowest BCUT2D eigenvalue weighted by Crippen LogP contribution is -2.10. The Balaban J connectivity index is 2.76. The molecule has 0 aliphatic carbocycles. The zero-order valence-electron chi connectivity index (χ0n) is 8.46. The predicted molar refractivity (Wildman–Crippen MR) is 55.7 cm³/mol. The molecular weight excluding hydrogens is 186 g/mol. The van der Waals surface area contributed by atoms with Gasteiger partial charge in [0.05, 0.1) is 26.4 Å². The van der Waals surface area contributed by atoms with Crippen molar-refractivity contribution >= 4 is 9.76 Å². The number of nitrogens with two attached hydrogens (primary N) is 1. The fourth-order valence-electron chi connectivity index (χ4n) is 0.813. The molecule has 0 aromatic rings. The van der Waals surface area contributed by atoms with E-state index < -0.39 is 0 Å². The number of ether oxygens (including phenoxy) is 2. The van der Waals surface area contributed by atoms with E-state index >= 15 is 0 Å². The smallest absolute Gasteiger partial charge is 0.161 e. The van der Waals surface area contributed by atoms with Crippen LogP contribution in [-0.2, 0) is 13.9 Å². The lowest BCUT2D eigenvalue weighted by Gasteiger charge is -2.04. The summed E-state index contributed by atoms with van der Waals surface area (Å²) in [4.78, 5) is 0. The van der Waals surface area contributed by atoms with Crippen LogP contribution >= 0.6 is 0 Å². The van der Waals surface area contributed by atoms with Gasteiger partial charge in [-0.3, -0.25) is 0 Å². The van der Waals surface area contributed by atoms with Gasteiger partial charge in [-0.1, -0.05) is 0 Å². The van der Waals surface area contributed by atoms with E-state index in [0.29, 0.717) is 19.8 Å². The van der Waals surface area contributed by atoms with E-state index in [1.807, 2.05) is 0 Å². The molecule has 0 aromatic carbocycles. The van der Waals surface area contributed by atoms with Gasteiger partial charge in [0.1, 0.15) is 0 Å². The average Bonchev–Trinajstić information content (AvgIpc) is 2.16. The molecule has 0 fully saturated rings. The molecule has 0 rings (SSSR count). The van der Waals surface area contributed by atoms with Crippen LogP contribution in [-0.4, -0.2) is 49.8 Å². The van der Waals surface area contributed by atoms with Crippen LogP contribution in [0, 0.1) is 0 Å². The molecule has 2 N–H and O–H groups in total. The van der Waals surface area contributed by atoms with E-state index in [0.717, 1.165) is 19.6 Å². The molecule has 0 unspecified atom stereocenters. The molecule has 0 aliphatic heterocycles. The molecule has 0 saturated heterocycles. The highest BCUT2D eigenvalue weighted by molar-refractivity contribution is 6.26. The zero-order valence-corrected chi connectivity index (χ0v) is 9.87. The molecule has 0 heterocycles. The zero-order chi connectivity index (χ0) is 9.78. The van der Waals surface area contributed by atoms with Crippen molar-refractivity contribution in [3.05, 3.63) is 0 Å². The Morgan fingerprint density at radius 2 is 1.92 bits per heavy atom. The predicted octanol–water partition coefficient (Wildman–Crippen LogP) is -0.483. The Labute approximate surface area is 82.7 Å². The summed E-state index contributed by atoms with van der Waals surface area (Å²) in [6.07, 6.45) is 1.09. The van der Waals surface area contributed by atoms with E-state index in [1.165, 1.54) is 6.04 Å². The SMILES string of the molecule is COCCOCCO[SiH2]CCCN. The summed E-state index contributed by atoms with van der Waals surface area (Å²) in [5.41, 5.74) is 5.35. The average molecular weight is 207 g/mol. The minimum absolute atomic E-state index is 0.330. The fourth-order valence-corrected chi connectivity index (χ4v) is 1.83. The summed E-state index contributed by atoms with van der Waals surface area (Å²) in [6.45, 7) is 3.50. The third-order valence-electron chi connectivity index (χ3n) is 1.55. The molecule has 80 valence electrons. The Morgan fingerprint density at radius 3 is 2.62 bits per heavy atom. The van der Waals surface area contributed by atoms with Gasteiger partial charge in [-0.25, -0.2) is 0 Å². The van der Waals surface area contributed by atoms with E-state index in [-0.39, 0.29) is 9.76 Å². The lowest BCUT2D eigenvalue weighted by atomic mass is 10.5. The van der Waals surface area contributed by atoms with Crippen LogP contribution in [0.3, 0.4) is 0 Å². The molecular formula is C8H21NO3Si. The Morgan fingerprint density at radius 1 is 1.15 bits per heavy atom. The normalized spacial score (nSPS) is 11.5.